The monoisotopic (exact) mass is 358 g/mol. The van der Waals surface area contributed by atoms with E-state index in [1.54, 1.807) is 17.2 Å². The summed E-state index contributed by atoms with van der Waals surface area (Å²) in [5.41, 5.74) is 1.93. The molecule has 1 atom stereocenters. The number of hydrogen-bond donors (Lipinski definition) is 1. The molecule has 25 heavy (non-hydrogen) atoms. The third kappa shape index (κ3) is 3.90. The summed E-state index contributed by atoms with van der Waals surface area (Å²) < 4.78 is 0. The first-order valence-electron chi connectivity index (χ1n) is 8.40. The molecular weight excluding hydrogens is 336 g/mol. The van der Waals surface area contributed by atoms with Crippen LogP contribution in [0.3, 0.4) is 0 Å². The highest BCUT2D eigenvalue weighted by Crippen LogP contribution is 2.30. The summed E-state index contributed by atoms with van der Waals surface area (Å²) in [6, 6.07) is 8.27. The van der Waals surface area contributed by atoms with Crippen LogP contribution in [0.1, 0.15) is 46.4 Å². The fourth-order valence-corrected chi connectivity index (χ4v) is 3.92. The standard InChI is InChI=1S/C19H22N2O3S/c1-13-4-6-14(7-5-13)10-16-20-15(11-25-16)17(22)21-9-3-8-19(2,12-21)18(23)24/h4-7,11H,3,8-10,12H2,1-2H3,(H,23,24). The van der Waals surface area contributed by atoms with Crippen LogP contribution < -0.4 is 0 Å². The smallest absolute Gasteiger partial charge is 0.311 e. The van der Waals surface area contributed by atoms with Gasteiger partial charge in [0, 0.05) is 24.9 Å². The number of carboxylic acids is 1. The minimum atomic E-state index is -0.866. The van der Waals surface area contributed by atoms with Gasteiger partial charge in [-0.25, -0.2) is 4.98 Å². The molecule has 6 heteroatoms. The largest absolute Gasteiger partial charge is 0.481 e. The lowest BCUT2D eigenvalue weighted by Crippen LogP contribution is -2.48. The van der Waals surface area contributed by atoms with E-state index >= 15 is 0 Å². The number of nitrogens with zero attached hydrogens (tertiary/aromatic N) is 2. The Bertz CT molecular complexity index is 784. The molecule has 2 aromatic rings. The lowest BCUT2D eigenvalue weighted by Gasteiger charge is -2.37. The molecule has 1 aliphatic rings. The molecule has 1 amide bonds. The van der Waals surface area contributed by atoms with Crippen LogP contribution in [0.25, 0.3) is 0 Å². The molecule has 1 unspecified atom stereocenters. The number of carboxylic acid groups (broad SMARTS) is 1. The number of hydrogen-bond acceptors (Lipinski definition) is 4. The van der Waals surface area contributed by atoms with Crippen molar-refractivity contribution in [3.05, 3.63) is 51.5 Å². The normalized spacial score (nSPS) is 20.5. The van der Waals surface area contributed by atoms with E-state index in [0.717, 1.165) is 10.6 Å². The van der Waals surface area contributed by atoms with Crippen LogP contribution in [-0.4, -0.2) is 40.0 Å². The fraction of sp³-hybridized carbons (Fsp3) is 0.421. The second-order valence-electron chi connectivity index (χ2n) is 6.98. The van der Waals surface area contributed by atoms with Crippen molar-refractivity contribution in [3.63, 3.8) is 0 Å². The molecule has 1 saturated heterocycles. The Morgan fingerprint density at radius 3 is 2.72 bits per heavy atom. The molecule has 132 valence electrons. The van der Waals surface area contributed by atoms with E-state index in [4.69, 9.17) is 0 Å². The van der Waals surface area contributed by atoms with Crippen molar-refractivity contribution < 1.29 is 14.7 Å². The minimum absolute atomic E-state index is 0.168. The van der Waals surface area contributed by atoms with Crippen molar-refractivity contribution in [1.29, 1.82) is 0 Å². The average Bonchev–Trinajstić information content (AvgIpc) is 3.05. The van der Waals surface area contributed by atoms with E-state index in [0.29, 0.717) is 31.5 Å². The zero-order valence-corrected chi connectivity index (χ0v) is 15.3. The van der Waals surface area contributed by atoms with Crippen molar-refractivity contribution in [1.82, 2.24) is 9.88 Å². The van der Waals surface area contributed by atoms with Crippen molar-refractivity contribution in [2.24, 2.45) is 5.41 Å². The summed E-state index contributed by atoms with van der Waals surface area (Å²) in [6.45, 7) is 4.59. The summed E-state index contributed by atoms with van der Waals surface area (Å²) in [5.74, 6) is -1.01. The van der Waals surface area contributed by atoms with Gasteiger partial charge in [0.2, 0.25) is 0 Å². The first-order valence-corrected chi connectivity index (χ1v) is 9.28. The average molecular weight is 358 g/mol. The highest BCUT2D eigenvalue weighted by Gasteiger charge is 2.39. The van der Waals surface area contributed by atoms with Gasteiger partial charge in [-0.2, -0.15) is 0 Å². The van der Waals surface area contributed by atoms with Crippen LogP contribution in [0.2, 0.25) is 0 Å². The third-order valence-electron chi connectivity index (χ3n) is 4.75. The Labute approximate surface area is 151 Å². The molecular formula is C19H22N2O3S. The van der Waals surface area contributed by atoms with Crippen molar-refractivity contribution in [2.45, 2.75) is 33.1 Å². The molecule has 0 spiro atoms. The molecule has 0 bridgehead atoms. The predicted molar refractivity (Wildman–Crippen MR) is 97.0 cm³/mol. The number of carbonyl (C=O) groups excluding carboxylic acids is 1. The number of carbonyl (C=O) groups is 2. The molecule has 1 aliphatic heterocycles. The lowest BCUT2D eigenvalue weighted by molar-refractivity contribution is -0.150. The summed E-state index contributed by atoms with van der Waals surface area (Å²) >= 11 is 1.47. The number of amides is 1. The Balaban J connectivity index is 1.70. The van der Waals surface area contributed by atoms with Gasteiger partial charge < -0.3 is 10.0 Å². The molecule has 1 aromatic carbocycles. The maximum absolute atomic E-state index is 12.7. The second kappa shape index (κ2) is 6.96. The molecule has 2 heterocycles. The number of thiazole rings is 1. The number of likely N-dealkylation sites (tertiary alicyclic amines) is 1. The first-order chi connectivity index (χ1) is 11.9. The minimum Gasteiger partial charge on any atom is -0.481 e. The molecule has 1 N–H and O–H groups in total. The topological polar surface area (TPSA) is 70.5 Å². The number of piperidine rings is 1. The summed E-state index contributed by atoms with van der Waals surface area (Å²) in [6.07, 6.45) is 2.00. The fourth-order valence-electron chi connectivity index (χ4n) is 3.12. The Morgan fingerprint density at radius 1 is 1.32 bits per heavy atom. The number of aryl methyl sites for hydroxylation is 1. The highest BCUT2D eigenvalue weighted by molar-refractivity contribution is 7.09. The maximum Gasteiger partial charge on any atom is 0.311 e. The Hall–Kier alpha value is -2.21. The quantitative estimate of drug-likeness (QED) is 0.910. The van der Waals surface area contributed by atoms with Gasteiger partial charge in [0.15, 0.2) is 0 Å². The van der Waals surface area contributed by atoms with E-state index in [1.807, 2.05) is 6.92 Å². The zero-order valence-electron chi connectivity index (χ0n) is 14.5. The van der Waals surface area contributed by atoms with E-state index in [-0.39, 0.29) is 12.5 Å². The van der Waals surface area contributed by atoms with Crippen molar-refractivity contribution in [2.75, 3.05) is 13.1 Å². The molecule has 0 radical (unpaired) electrons. The van der Waals surface area contributed by atoms with Crippen LogP contribution in [0.5, 0.6) is 0 Å². The molecule has 0 aliphatic carbocycles. The summed E-state index contributed by atoms with van der Waals surface area (Å²) in [7, 11) is 0. The van der Waals surface area contributed by atoms with Crippen LogP contribution >= 0.6 is 11.3 Å². The SMILES string of the molecule is Cc1ccc(Cc2nc(C(=O)N3CCCC(C)(C(=O)O)C3)cs2)cc1. The summed E-state index contributed by atoms with van der Waals surface area (Å²) in [4.78, 5) is 30.3. The van der Waals surface area contributed by atoms with Gasteiger partial charge in [0.1, 0.15) is 5.69 Å². The molecule has 0 saturated carbocycles. The van der Waals surface area contributed by atoms with Gasteiger partial charge in [-0.3, -0.25) is 9.59 Å². The van der Waals surface area contributed by atoms with Crippen LogP contribution in [-0.2, 0) is 11.2 Å². The Kier molecular flexibility index (Phi) is 4.90. The predicted octanol–water partition coefficient (Wildman–Crippen LogP) is 3.37. The molecule has 1 aromatic heterocycles. The van der Waals surface area contributed by atoms with Crippen LogP contribution in [0.15, 0.2) is 29.6 Å². The molecule has 3 rings (SSSR count). The van der Waals surface area contributed by atoms with Crippen LogP contribution in [0, 0.1) is 12.3 Å². The van der Waals surface area contributed by atoms with Gasteiger partial charge in [0.05, 0.1) is 10.4 Å². The van der Waals surface area contributed by atoms with Gasteiger partial charge >= 0.3 is 5.97 Å². The van der Waals surface area contributed by atoms with Gasteiger partial charge in [-0.1, -0.05) is 29.8 Å². The van der Waals surface area contributed by atoms with Gasteiger partial charge in [-0.15, -0.1) is 11.3 Å². The molecule has 5 nitrogen and oxygen atoms in total. The summed E-state index contributed by atoms with van der Waals surface area (Å²) in [5, 5.41) is 12.1. The zero-order chi connectivity index (χ0) is 18.0. The van der Waals surface area contributed by atoms with Crippen LogP contribution in [0.4, 0.5) is 0 Å². The van der Waals surface area contributed by atoms with E-state index in [1.165, 1.54) is 16.9 Å². The number of benzene rings is 1. The van der Waals surface area contributed by atoms with E-state index < -0.39 is 11.4 Å². The van der Waals surface area contributed by atoms with Gasteiger partial charge in [0.25, 0.3) is 5.91 Å². The third-order valence-corrected chi connectivity index (χ3v) is 5.60. The molecule has 1 fully saturated rings. The second-order valence-corrected chi connectivity index (χ2v) is 7.93. The van der Waals surface area contributed by atoms with E-state index in [2.05, 4.69) is 29.2 Å². The number of aliphatic carboxylic acids is 1. The number of rotatable bonds is 4. The maximum atomic E-state index is 12.7. The van der Waals surface area contributed by atoms with Crippen molar-refractivity contribution in [3.8, 4) is 0 Å². The lowest BCUT2D eigenvalue weighted by atomic mass is 9.82. The van der Waals surface area contributed by atoms with E-state index in [9.17, 15) is 14.7 Å². The first kappa shape index (κ1) is 17.6. The van der Waals surface area contributed by atoms with Crippen molar-refractivity contribution >= 4 is 23.2 Å². The number of aromatic nitrogens is 1. The highest BCUT2D eigenvalue weighted by atomic mass is 32.1. The van der Waals surface area contributed by atoms with Gasteiger partial charge in [-0.05, 0) is 32.3 Å². The Morgan fingerprint density at radius 2 is 2.04 bits per heavy atom.